The molecular formula is C9H18O5. The minimum Gasteiger partial charge on any atom is -0.394 e. The van der Waals surface area contributed by atoms with Crippen molar-refractivity contribution in [3.05, 3.63) is 0 Å². The lowest BCUT2D eigenvalue weighted by Gasteiger charge is -2.38. The molecule has 4 N–H and O–H groups in total. The van der Waals surface area contributed by atoms with Gasteiger partial charge in [-0.3, -0.25) is 0 Å². The van der Waals surface area contributed by atoms with E-state index in [0.29, 0.717) is 6.42 Å². The maximum absolute atomic E-state index is 9.61. The van der Waals surface area contributed by atoms with E-state index in [9.17, 15) is 10.2 Å². The van der Waals surface area contributed by atoms with Gasteiger partial charge in [-0.05, 0) is 0 Å². The van der Waals surface area contributed by atoms with Gasteiger partial charge in [-0.25, -0.2) is 0 Å². The van der Waals surface area contributed by atoms with Gasteiger partial charge >= 0.3 is 0 Å². The second kappa shape index (κ2) is 5.04. The topological polar surface area (TPSA) is 90.2 Å². The Kier molecular flexibility index (Phi) is 4.28. The first kappa shape index (κ1) is 11.9. The molecule has 1 aliphatic rings. The average Bonchev–Trinajstić information content (AvgIpc) is 2.20. The van der Waals surface area contributed by atoms with E-state index in [4.69, 9.17) is 14.9 Å². The Morgan fingerprint density at radius 1 is 1.43 bits per heavy atom. The van der Waals surface area contributed by atoms with E-state index < -0.39 is 31.0 Å². The molecule has 14 heavy (non-hydrogen) atoms. The third-order valence-electron chi connectivity index (χ3n) is 2.81. The Labute approximate surface area is 82.9 Å². The van der Waals surface area contributed by atoms with Crippen LogP contribution in [-0.4, -0.2) is 58.1 Å². The molecule has 0 bridgehead atoms. The van der Waals surface area contributed by atoms with Crippen molar-refractivity contribution >= 4 is 0 Å². The van der Waals surface area contributed by atoms with Gasteiger partial charge in [0.15, 0.2) is 0 Å². The van der Waals surface area contributed by atoms with Crippen LogP contribution in [-0.2, 0) is 4.74 Å². The smallest absolute Gasteiger partial charge is 0.103 e. The fraction of sp³-hybridized carbons (Fsp3) is 1.00. The molecule has 1 saturated heterocycles. The van der Waals surface area contributed by atoms with Gasteiger partial charge in [-0.2, -0.15) is 0 Å². The number of aliphatic hydroxyl groups is 4. The third-order valence-corrected chi connectivity index (χ3v) is 2.81. The summed E-state index contributed by atoms with van der Waals surface area (Å²) in [6.45, 7) is 1.20. The van der Waals surface area contributed by atoms with Crippen LogP contribution in [0.5, 0.6) is 0 Å². The monoisotopic (exact) mass is 206 g/mol. The second-order valence-electron chi connectivity index (χ2n) is 3.81. The van der Waals surface area contributed by atoms with Gasteiger partial charge in [0.2, 0.25) is 0 Å². The van der Waals surface area contributed by atoms with Crippen LogP contribution in [0.4, 0.5) is 0 Å². The van der Waals surface area contributed by atoms with Crippen LogP contribution in [0.2, 0.25) is 0 Å². The molecule has 1 aliphatic heterocycles. The van der Waals surface area contributed by atoms with E-state index in [1.54, 1.807) is 6.92 Å². The normalized spacial score (nSPS) is 40.9. The molecule has 5 atom stereocenters. The molecule has 1 rings (SSSR count). The lowest BCUT2D eigenvalue weighted by atomic mass is 9.89. The van der Waals surface area contributed by atoms with Gasteiger partial charge in [0.25, 0.3) is 0 Å². The molecule has 0 aromatic rings. The van der Waals surface area contributed by atoms with Crippen LogP contribution in [0, 0.1) is 5.92 Å². The van der Waals surface area contributed by atoms with Gasteiger partial charge in [-0.1, -0.05) is 6.92 Å². The molecule has 84 valence electrons. The highest BCUT2D eigenvalue weighted by Gasteiger charge is 2.37. The predicted molar refractivity (Wildman–Crippen MR) is 48.6 cm³/mol. The number of rotatable bonds is 3. The van der Waals surface area contributed by atoms with Crippen molar-refractivity contribution in [2.45, 2.75) is 37.8 Å². The van der Waals surface area contributed by atoms with E-state index in [1.807, 2.05) is 0 Å². The Bertz CT molecular complexity index is 175. The largest absolute Gasteiger partial charge is 0.394 e. The van der Waals surface area contributed by atoms with Gasteiger partial charge in [0.1, 0.15) is 6.10 Å². The molecule has 1 heterocycles. The zero-order valence-electron chi connectivity index (χ0n) is 8.21. The highest BCUT2D eigenvalue weighted by atomic mass is 16.5. The minimum atomic E-state index is -0.994. The van der Waals surface area contributed by atoms with E-state index in [1.165, 1.54) is 0 Å². The summed E-state index contributed by atoms with van der Waals surface area (Å²) in [6.07, 6.45) is -2.37. The van der Waals surface area contributed by atoms with Crippen molar-refractivity contribution in [2.24, 2.45) is 5.92 Å². The molecule has 1 unspecified atom stereocenters. The molecule has 0 amide bonds. The summed E-state index contributed by atoms with van der Waals surface area (Å²) in [5.74, 6) is -0.151. The van der Waals surface area contributed by atoms with Crippen LogP contribution in [0.3, 0.4) is 0 Å². The molecule has 0 aromatic carbocycles. The molecule has 0 aliphatic carbocycles. The Morgan fingerprint density at radius 3 is 2.57 bits per heavy atom. The van der Waals surface area contributed by atoms with Crippen LogP contribution in [0.1, 0.15) is 13.3 Å². The average molecular weight is 206 g/mol. The summed E-state index contributed by atoms with van der Waals surface area (Å²) < 4.78 is 5.35. The van der Waals surface area contributed by atoms with Crippen molar-refractivity contribution in [1.82, 2.24) is 0 Å². The number of hydrogen-bond donors (Lipinski definition) is 4. The summed E-state index contributed by atoms with van der Waals surface area (Å²) in [5.41, 5.74) is 0. The van der Waals surface area contributed by atoms with Crippen LogP contribution in [0.25, 0.3) is 0 Å². The second-order valence-corrected chi connectivity index (χ2v) is 3.81. The predicted octanol–water partition coefficient (Wildman–Crippen LogP) is -1.51. The SMILES string of the molecule is C[C@@H]1[C@@H](O)C[C@H](C(O)CO)O[C@@H]1CO. The molecule has 1 fully saturated rings. The highest BCUT2D eigenvalue weighted by Crippen LogP contribution is 2.26. The van der Waals surface area contributed by atoms with Gasteiger partial charge in [-0.15, -0.1) is 0 Å². The maximum atomic E-state index is 9.61. The number of ether oxygens (including phenoxy) is 1. The lowest BCUT2D eigenvalue weighted by molar-refractivity contribution is -0.179. The molecule has 0 radical (unpaired) electrons. The van der Waals surface area contributed by atoms with Crippen LogP contribution in [0.15, 0.2) is 0 Å². The van der Waals surface area contributed by atoms with Crippen molar-refractivity contribution in [2.75, 3.05) is 13.2 Å². The van der Waals surface area contributed by atoms with Crippen molar-refractivity contribution in [3.8, 4) is 0 Å². The summed E-state index contributed by atoms with van der Waals surface area (Å²) >= 11 is 0. The Balaban J connectivity index is 2.58. The first-order valence-electron chi connectivity index (χ1n) is 4.83. The highest BCUT2D eigenvalue weighted by molar-refractivity contribution is 4.85. The summed E-state index contributed by atoms with van der Waals surface area (Å²) in [6, 6.07) is 0. The van der Waals surface area contributed by atoms with E-state index >= 15 is 0 Å². The maximum Gasteiger partial charge on any atom is 0.103 e. The molecule has 0 saturated carbocycles. The van der Waals surface area contributed by atoms with Gasteiger partial charge in [0, 0.05) is 12.3 Å². The first-order valence-corrected chi connectivity index (χ1v) is 4.83. The van der Waals surface area contributed by atoms with Crippen molar-refractivity contribution < 1.29 is 25.2 Å². The van der Waals surface area contributed by atoms with E-state index in [-0.39, 0.29) is 12.5 Å². The quantitative estimate of drug-likeness (QED) is 0.450. The van der Waals surface area contributed by atoms with E-state index in [0.717, 1.165) is 0 Å². The Hall–Kier alpha value is -0.200. The molecule has 0 spiro atoms. The molecule has 0 aromatic heterocycles. The van der Waals surface area contributed by atoms with Gasteiger partial charge < -0.3 is 25.2 Å². The fourth-order valence-corrected chi connectivity index (χ4v) is 1.68. The van der Waals surface area contributed by atoms with Gasteiger partial charge in [0.05, 0.1) is 31.5 Å². The summed E-state index contributed by atoms with van der Waals surface area (Å²) in [4.78, 5) is 0. The molecule has 5 heteroatoms. The lowest BCUT2D eigenvalue weighted by Crippen LogP contribution is -2.49. The third kappa shape index (κ3) is 2.43. The fourth-order valence-electron chi connectivity index (χ4n) is 1.68. The van der Waals surface area contributed by atoms with E-state index in [2.05, 4.69) is 0 Å². The van der Waals surface area contributed by atoms with Crippen LogP contribution < -0.4 is 0 Å². The number of aliphatic hydroxyl groups excluding tert-OH is 4. The van der Waals surface area contributed by atoms with Crippen molar-refractivity contribution in [3.63, 3.8) is 0 Å². The summed E-state index contributed by atoms with van der Waals surface area (Å²) in [7, 11) is 0. The minimum absolute atomic E-state index is 0.151. The zero-order valence-corrected chi connectivity index (χ0v) is 8.21. The first-order chi connectivity index (χ1) is 6.60. The standard InChI is InChI=1S/C9H18O5/c1-5-6(12)2-8(7(13)3-10)14-9(5)4-11/h5-13H,2-4H2,1H3/t5-,6+,7?,8-,9-/m1/s1. The molecular weight excluding hydrogens is 188 g/mol. The Morgan fingerprint density at radius 2 is 2.07 bits per heavy atom. The zero-order chi connectivity index (χ0) is 10.7. The summed E-state index contributed by atoms with van der Waals surface area (Å²) in [5, 5.41) is 36.6. The van der Waals surface area contributed by atoms with Crippen molar-refractivity contribution in [1.29, 1.82) is 0 Å². The van der Waals surface area contributed by atoms with Crippen LogP contribution >= 0.6 is 0 Å². The molecule has 5 nitrogen and oxygen atoms in total. The number of hydrogen-bond acceptors (Lipinski definition) is 5.